The number of H-pyrrole nitrogens is 1. The maximum Gasteiger partial charge on any atom is 0.253 e. The van der Waals surface area contributed by atoms with Gasteiger partial charge in [0.2, 0.25) is 5.91 Å². The summed E-state index contributed by atoms with van der Waals surface area (Å²) in [7, 11) is 0. The van der Waals surface area contributed by atoms with Gasteiger partial charge in [-0.25, -0.2) is 9.37 Å². The Labute approximate surface area is 137 Å². The standard InChI is InChI=1S/C17H15FN4O2/c1-10(23)22-13-6-14-15(9-20-16(14)19-8-13)17(24)21-7-11-2-4-12(18)5-3-11/h2-6,8-9H,7H2,1H3,(H,19,20)(H,21,24)(H,22,23). The van der Waals surface area contributed by atoms with Crippen molar-refractivity contribution >= 4 is 28.5 Å². The molecule has 0 aliphatic heterocycles. The maximum absolute atomic E-state index is 12.9. The summed E-state index contributed by atoms with van der Waals surface area (Å²) < 4.78 is 12.9. The number of nitrogens with one attached hydrogen (secondary N) is 3. The third-order valence-electron chi connectivity index (χ3n) is 3.46. The van der Waals surface area contributed by atoms with Crippen LogP contribution in [0.2, 0.25) is 0 Å². The first-order chi connectivity index (χ1) is 11.5. The van der Waals surface area contributed by atoms with Gasteiger partial charge < -0.3 is 15.6 Å². The van der Waals surface area contributed by atoms with E-state index in [2.05, 4.69) is 20.6 Å². The molecule has 3 aromatic rings. The number of rotatable bonds is 4. The molecule has 0 aliphatic carbocycles. The molecular formula is C17H15FN4O2. The fourth-order valence-corrected chi connectivity index (χ4v) is 2.34. The van der Waals surface area contributed by atoms with E-state index in [9.17, 15) is 14.0 Å². The molecule has 2 aromatic heterocycles. The predicted octanol–water partition coefficient (Wildman–Crippen LogP) is 2.59. The van der Waals surface area contributed by atoms with E-state index < -0.39 is 0 Å². The van der Waals surface area contributed by atoms with Crippen LogP contribution in [-0.4, -0.2) is 21.8 Å². The number of hydrogen-bond acceptors (Lipinski definition) is 3. The lowest BCUT2D eigenvalue weighted by atomic mass is 10.2. The van der Waals surface area contributed by atoms with Crippen molar-refractivity contribution in [3.05, 3.63) is 59.7 Å². The van der Waals surface area contributed by atoms with Crippen LogP contribution < -0.4 is 10.6 Å². The molecule has 2 heterocycles. The molecular weight excluding hydrogens is 311 g/mol. The fraction of sp³-hybridized carbons (Fsp3) is 0.118. The minimum Gasteiger partial charge on any atom is -0.348 e. The van der Waals surface area contributed by atoms with Gasteiger partial charge in [-0.15, -0.1) is 0 Å². The molecule has 7 heteroatoms. The summed E-state index contributed by atoms with van der Waals surface area (Å²) in [4.78, 5) is 30.6. The molecule has 24 heavy (non-hydrogen) atoms. The minimum atomic E-state index is -0.321. The summed E-state index contributed by atoms with van der Waals surface area (Å²) in [6.45, 7) is 1.68. The Morgan fingerprint density at radius 1 is 1.25 bits per heavy atom. The molecule has 0 unspecified atom stereocenters. The van der Waals surface area contributed by atoms with Crippen LogP contribution in [0.15, 0.2) is 42.7 Å². The highest BCUT2D eigenvalue weighted by Gasteiger charge is 2.13. The number of carbonyl (C=O) groups is 2. The second-order valence-corrected chi connectivity index (χ2v) is 5.31. The number of nitrogens with zero attached hydrogens (tertiary/aromatic N) is 1. The zero-order valence-electron chi connectivity index (χ0n) is 12.9. The number of fused-ring (bicyclic) bond motifs is 1. The smallest absolute Gasteiger partial charge is 0.253 e. The number of amides is 2. The van der Waals surface area contributed by atoms with E-state index >= 15 is 0 Å². The average Bonchev–Trinajstić information content (AvgIpc) is 2.97. The van der Waals surface area contributed by atoms with Crippen molar-refractivity contribution in [1.29, 1.82) is 0 Å². The van der Waals surface area contributed by atoms with Crippen LogP contribution in [0.25, 0.3) is 11.0 Å². The van der Waals surface area contributed by atoms with Crippen LogP contribution in [0, 0.1) is 5.82 Å². The highest BCUT2D eigenvalue weighted by atomic mass is 19.1. The first-order valence-corrected chi connectivity index (χ1v) is 7.30. The van der Waals surface area contributed by atoms with Crippen molar-refractivity contribution in [3.8, 4) is 0 Å². The quantitative estimate of drug-likeness (QED) is 0.689. The van der Waals surface area contributed by atoms with Gasteiger partial charge in [-0.2, -0.15) is 0 Å². The summed E-state index contributed by atoms with van der Waals surface area (Å²) in [5, 5.41) is 6.02. The molecule has 2 amide bonds. The molecule has 0 fully saturated rings. The van der Waals surface area contributed by atoms with Gasteiger partial charge in [-0.1, -0.05) is 12.1 Å². The Morgan fingerprint density at radius 2 is 2.00 bits per heavy atom. The molecule has 0 saturated heterocycles. The lowest BCUT2D eigenvalue weighted by Crippen LogP contribution is -2.22. The number of benzene rings is 1. The van der Waals surface area contributed by atoms with E-state index in [0.717, 1.165) is 5.56 Å². The maximum atomic E-state index is 12.9. The highest BCUT2D eigenvalue weighted by Crippen LogP contribution is 2.20. The fourth-order valence-electron chi connectivity index (χ4n) is 2.34. The Hall–Kier alpha value is -3.22. The minimum absolute atomic E-state index is 0.214. The van der Waals surface area contributed by atoms with Gasteiger partial charge in [0, 0.05) is 25.1 Å². The molecule has 0 radical (unpaired) electrons. The van der Waals surface area contributed by atoms with Crippen LogP contribution in [0.4, 0.5) is 10.1 Å². The summed E-state index contributed by atoms with van der Waals surface area (Å²) in [5.74, 6) is -0.820. The van der Waals surface area contributed by atoms with Crippen LogP contribution >= 0.6 is 0 Å². The van der Waals surface area contributed by atoms with E-state index in [-0.39, 0.29) is 24.2 Å². The van der Waals surface area contributed by atoms with Crippen molar-refractivity contribution in [2.75, 3.05) is 5.32 Å². The first kappa shape index (κ1) is 15.7. The first-order valence-electron chi connectivity index (χ1n) is 7.30. The number of anilines is 1. The van der Waals surface area contributed by atoms with Crippen molar-refractivity contribution in [3.63, 3.8) is 0 Å². The second kappa shape index (κ2) is 6.49. The van der Waals surface area contributed by atoms with Gasteiger partial charge in [0.05, 0.1) is 17.4 Å². The van der Waals surface area contributed by atoms with Gasteiger partial charge in [-0.05, 0) is 23.8 Å². The van der Waals surface area contributed by atoms with E-state index in [4.69, 9.17) is 0 Å². The Kier molecular flexibility index (Phi) is 4.24. The predicted molar refractivity (Wildman–Crippen MR) is 88.0 cm³/mol. The number of aromatic nitrogens is 2. The average molecular weight is 326 g/mol. The van der Waals surface area contributed by atoms with Crippen LogP contribution in [-0.2, 0) is 11.3 Å². The number of carbonyl (C=O) groups excluding carboxylic acids is 2. The highest BCUT2D eigenvalue weighted by molar-refractivity contribution is 6.07. The number of halogens is 1. The molecule has 0 bridgehead atoms. The Morgan fingerprint density at radius 3 is 2.71 bits per heavy atom. The summed E-state index contributed by atoms with van der Waals surface area (Å²) in [6, 6.07) is 7.60. The van der Waals surface area contributed by atoms with Crippen molar-refractivity contribution in [1.82, 2.24) is 15.3 Å². The van der Waals surface area contributed by atoms with Crippen LogP contribution in [0.5, 0.6) is 0 Å². The molecule has 6 nitrogen and oxygen atoms in total. The number of hydrogen-bond donors (Lipinski definition) is 3. The number of pyridine rings is 1. The third-order valence-corrected chi connectivity index (χ3v) is 3.46. The van der Waals surface area contributed by atoms with Crippen LogP contribution in [0.1, 0.15) is 22.8 Å². The number of aromatic amines is 1. The SMILES string of the molecule is CC(=O)Nc1cnc2[nH]cc(C(=O)NCc3ccc(F)cc3)c2c1. The molecule has 122 valence electrons. The van der Waals surface area contributed by atoms with E-state index in [1.54, 1.807) is 24.4 Å². The topological polar surface area (TPSA) is 86.9 Å². The summed E-state index contributed by atoms with van der Waals surface area (Å²) in [5.41, 5.74) is 2.28. The van der Waals surface area contributed by atoms with Crippen molar-refractivity contribution in [2.24, 2.45) is 0 Å². The molecule has 0 atom stereocenters. The molecule has 3 N–H and O–H groups in total. The summed E-state index contributed by atoms with van der Waals surface area (Å²) >= 11 is 0. The van der Waals surface area contributed by atoms with E-state index in [0.29, 0.717) is 22.3 Å². The third kappa shape index (κ3) is 3.40. The largest absolute Gasteiger partial charge is 0.348 e. The monoisotopic (exact) mass is 326 g/mol. The Balaban J connectivity index is 1.78. The molecule has 0 spiro atoms. The van der Waals surface area contributed by atoms with Gasteiger partial charge in [0.25, 0.3) is 5.91 Å². The molecule has 3 rings (SSSR count). The zero-order chi connectivity index (χ0) is 17.1. The van der Waals surface area contributed by atoms with Gasteiger partial charge in [0.15, 0.2) is 0 Å². The van der Waals surface area contributed by atoms with Crippen LogP contribution in [0.3, 0.4) is 0 Å². The second-order valence-electron chi connectivity index (χ2n) is 5.31. The molecule has 0 saturated carbocycles. The lowest BCUT2D eigenvalue weighted by Gasteiger charge is -2.05. The van der Waals surface area contributed by atoms with Crippen molar-refractivity contribution < 1.29 is 14.0 Å². The van der Waals surface area contributed by atoms with E-state index in [1.807, 2.05) is 0 Å². The normalized spacial score (nSPS) is 10.6. The molecule has 1 aromatic carbocycles. The van der Waals surface area contributed by atoms with Gasteiger partial charge in [0.1, 0.15) is 11.5 Å². The zero-order valence-corrected chi connectivity index (χ0v) is 12.9. The van der Waals surface area contributed by atoms with E-state index in [1.165, 1.54) is 25.3 Å². The summed E-state index contributed by atoms with van der Waals surface area (Å²) in [6.07, 6.45) is 3.08. The van der Waals surface area contributed by atoms with Gasteiger partial charge >= 0.3 is 0 Å². The van der Waals surface area contributed by atoms with Gasteiger partial charge in [-0.3, -0.25) is 9.59 Å². The lowest BCUT2D eigenvalue weighted by molar-refractivity contribution is -0.114. The van der Waals surface area contributed by atoms with Crippen molar-refractivity contribution in [2.45, 2.75) is 13.5 Å². The Bertz CT molecular complexity index is 903. The molecule has 0 aliphatic rings.